The molecule has 0 saturated carbocycles. The number of amides is 3. The van der Waals surface area contributed by atoms with Gasteiger partial charge in [0.2, 0.25) is 5.91 Å². The van der Waals surface area contributed by atoms with Gasteiger partial charge < -0.3 is 10.5 Å². The Labute approximate surface area is 92.8 Å². The van der Waals surface area contributed by atoms with Gasteiger partial charge in [-0.15, -0.1) is 6.58 Å². The van der Waals surface area contributed by atoms with E-state index in [4.69, 9.17) is 10.5 Å². The van der Waals surface area contributed by atoms with Crippen LogP contribution in [-0.4, -0.2) is 24.0 Å². The number of esters is 1. The van der Waals surface area contributed by atoms with E-state index in [-0.39, 0.29) is 18.9 Å². The average Bonchev–Trinajstić information content (AvgIpc) is 2.42. The van der Waals surface area contributed by atoms with Crippen LogP contribution in [0.15, 0.2) is 12.7 Å². The molecule has 1 aliphatic rings. The molecule has 1 rings (SSSR count). The summed E-state index contributed by atoms with van der Waals surface area (Å²) in [5.74, 6) is -1.37. The number of hydrogen-bond acceptors (Lipinski definition) is 4. The van der Waals surface area contributed by atoms with E-state index in [0.717, 1.165) is 0 Å². The van der Waals surface area contributed by atoms with Crippen LogP contribution in [-0.2, 0) is 14.3 Å². The lowest BCUT2D eigenvalue weighted by atomic mass is 9.80. The molecule has 2 atom stereocenters. The fourth-order valence-electron chi connectivity index (χ4n) is 1.83. The van der Waals surface area contributed by atoms with E-state index in [1.165, 1.54) is 6.08 Å². The van der Waals surface area contributed by atoms with Crippen molar-refractivity contribution < 1.29 is 19.1 Å². The number of carbonyl (C=O) groups excluding carboxylic acids is 3. The summed E-state index contributed by atoms with van der Waals surface area (Å²) in [4.78, 5) is 34.0. The van der Waals surface area contributed by atoms with Crippen molar-refractivity contribution in [2.45, 2.75) is 25.9 Å². The van der Waals surface area contributed by atoms with Crippen LogP contribution >= 0.6 is 0 Å². The number of rotatable bonds is 3. The monoisotopic (exact) mass is 226 g/mol. The first-order valence-electron chi connectivity index (χ1n) is 4.85. The number of primary amides is 1. The van der Waals surface area contributed by atoms with Crippen molar-refractivity contribution in [2.75, 3.05) is 0 Å². The molecule has 0 aromatic heterocycles. The minimum absolute atomic E-state index is 0.120. The van der Waals surface area contributed by atoms with Crippen molar-refractivity contribution in [2.24, 2.45) is 11.1 Å². The van der Waals surface area contributed by atoms with Crippen LogP contribution in [0.4, 0.5) is 4.79 Å². The first-order chi connectivity index (χ1) is 7.42. The summed E-state index contributed by atoms with van der Waals surface area (Å²) >= 11 is 0. The number of ether oxygens (including phenoxy) is 1. The number of nitrogens with two attached hydrogens (primary N) is 1. The van der Waals surface area contributed by atoms with Gasteiger partial charge in [0.15, 0.2) is 5.41 Å². The second-order valence-electron chi connectivity index (χ2n) is 3.81. The lowest BCUT2D eigenvalue weighted by molar-refractivity contribution is -0.152. The topological polar surface area (TPSA) is 98.5 Å². The molecule has 0 radical (unpaired) electrons. The first kappa shape index (κ1) is 12.2. The molecule has 1 fully saturated rings. The summed E-state index contributed by atoms with van der Waals surface area (Å²) in [5, 5.41) is 1.91. The molecule has 0 spiro atoms. The van der Waals surface area contributed by atoms with Crippen LogP contribution in [0.2, 0.25) is 0 Å². The van der Waals surface area contributed by atoms with Crippen molar-refractivity contribution >= 4 is 17.9 Å². The lowest BCUT2D eigenvalue weighted by Gasteiger charge is -2.20. The summed E-state index contributed by atoms with van der Waals surface area (Å²) in [6.07, 6.45) is 1.43. The van der Waals surface area contributed by atoms with E-state index in [2.05, 4.69) is 6.58 Å². The van der Waals surface area contributed by atoms with Crippen LogP contribution in [0.25, 0.3) is 0 Å². The first-order valence-corrected chi connectivity index (χ1v) is 4.85. The van der Waals surface area contributed by atoms with E-state index in [0.29, 0.717) is 0 Å². The Morgan fingerprint density at radius 2 is 2.38 bits per heavy atom. The van der Waals surface area contributed by atoms with Gasteiger partial charge in [-0.3, -0.25) is 14.9 Å². The zero-order valence-electron chi connectivity index (χ0n) is 8.99. The summed E-state index contributed by atoms with van der Waals surface area (Å²) < 4.78 is 4.93. The lowest BCUT2D eigenvalue weighted by Crippen LogP contribution is -2.48. The highest BCUT2D eigenvalue weighted by molar-refractivity contribution is 6.09. The van der Waals surface area contributed by atoms with Gasteiger partial charge in [0, 0.05) is 6.42 Å². The Hall–Kier alpha value is -1.85. The SMILES string of the molecule is C=CC[C@]1(C(=O)NC(N)=O)C[C@@H](C)OC1=O. The number of nitrogens with one attached hydrogen (secondary N) is 1. The molecule has 1 aliphatic heterocycles. The van der Waals surface area contributed by atoms with Gasteiger partial charge in [-0.05, 0) is 13.3 Å². The van der Waals surface area contributed by atoms with E-state index in [9.17, 15) is 14.4 Å². The maximum absolute atomic E-state index is 11.8. The fraction of sp³-hybridized carbons (Fsp3) is 0.500. The van der Waals surface area contributed by atoms with Crippen molar-refractivity contribution in [1.29, 1.82) is 0 Å². The highest BCUT2D eigenvalue weighted by Gasteiger charge is 2.53. The highest BCUT2D eigenvalue weighted by atomic mass is 16.6. The Kier molecular flexibility index (Phi) is 3.31. The predicted octanol–water partition coefficient (Wildman–Crippen LogP) is 0.0792. The Bertz CT molecular complexity index is 353. The summed E-state index contributed by atoms with van der Waals surface area (Å²) in [7, 11) is 0. The molecule has 6 heteroatoms. The van der Waals surface area contributed by atoms with Gasteiger partial charge in [0.05, 0.1) is 0 Å². The van der Waals surface area contributed by atoms with Gasteiger partial charge >= 0.3 is 12.0 Å². The van der Waals surface area contributed by atoms with E-state index in [1.807, 2.05) is 5.32 Å². The molecule has 88 valence electrons. The molecule has 0 unspecified atom stereocenters. The van der Waals surface area contributed by atoms with Gasteiger partial charge in [0.1, 0.15) is 6.10 Å². The van der Waals surface area contributed by atoms with E-state index >= 15 is 0 Å². The smallest absolute Gasteiger partial charge is 0.322 e. The number of cyclic esters (lactones) is 1. The second kappa shape index (κ2) is 4.34. The Morgan fingerprint density at radius 1 is 1.75 bits per heavy atom. The van der Waals surface area contributed by atoms with Crippen molar-refractivity contribution in [3.8, 4) is 0 Å². The summed E-state index contributed by atoms with van der Waals surface area (Å²) in [6.45, 7) is 5.17. The van der Waals surface area contributed by atoms with Crippen LogP contribution in [0, 0.1) is 5.41 Å². The Balaban J connectivity index is 2.97. The number of carbonyl (C=O) groups is 3. The molecule has 0 aromatic carbocycles. The molecule has 1 heterocycles. The van der Waals surface area contributed by atoms with Gasteiger partial charge in [-0.1, -0.05) is 6.08 Å². The van der Waals surface area contributed by atoms with E-state index in [1.54, 1.807) is 6.92 Å². The third-order valence-corrected chi connectivity index (χ3v) is 2.50. The zero-order chi connectivity index (χ0) is 12.3. The van der Waals surface area contributed by atoms with Gasteiger partial charge in [0.25, 0.3) is 0 Å². The van der Waals surface area contributed by atoms with Gasteiger partial charge in [-0.2, -0.15) is 0 Å². The molecule has 16 heavy (non-hydrogen) atoms. The van der Waals surface area contributed by atoms with Crippen molar-refractivity contribution in [3.05, 3.63) is 12.7 Å². The van der Waals surface area contributed by atoms with Crippen molar-refractivity contribution in [3.63, 3.8) is 0 Å². The number of imide groups is 1. The molecule has 0 aliphatic carbocycles. The van der Waals surface area contributed by atoms with Crippen LogP contribution in [0.1, 0.15) is 19.8 Å². The summed E-state index contributed by atoms with van der Waals surface area (Å²) in [6, 6.07) is -0.985. The third-order valence-electron chi connectivity index (χ3n) is 2.50. The molecule has 0 aromatic rings. The minimum atomic E-state index is -1.36. The fourth-order valence-corrected chi connectivity index (χ4v) is 1.83. The normalized spacial score (nSPS) is 28.3. The second-order valence-corrected chi connectivity index (χ2v) is 3.81. The molecule has 0 bridgehead atoms. The van der Waals surface area contributed by atoms with Gasteiger partial charge in [-0.25, -0.2) is 4.79 Å². The maximum atomic E-state index is 11.8. The minimum Gasteiger partial charge on any atom is -0.462 e. The zero-order valence-corrected chi connectivity index (χ0v) is 8.99. The molecular weight excluding hydrogens is 212 g/mol. The number of urea groups is 1. The number of hydrogen-bond donors (Lipinski definition) is 2. The maximum Gasteiger partial charge on any atom is 0.322 e. The van der Waals surface area contributed by atoms with Crippen LogP contribution in [0.3, 0.4) is 0 Å². The standard InChI is InChI=1S/C10H14N2O4/c1-3-4-10(7(13)12-9(11)15)5-6(2)16-8(10)14/h3,6H,1,4-5H2,2H3,(H3,11,12,13,15)/t6-,10-/m1/s1. The molecule has 3 N–H and O–H groups in total. The highest BCUT2D eigenvalue weighted by Crippen LogP contribution is 2.37. The van der Waals surface area contributed by atoms with Crippen LogP contribution in [0.5, 0.6) is 0 Å². The van der Waals surface area contributed by atoms with Crippen molar-refractivity contribution in [1.82, 2.24) is 5.32 Å². The molecular formula is C10H14N2O4. The van der Waals surface area contributed by atoms with E-state index < -0.39 is 23.3 Å². The largest absolute Gasteiger partial charge is 0.462 e. The third kappa shape index (κ3) is 2.05. The molecule has 3 amide bonds. The number of allylic oxidation sites excluding steroid dienone is 1. The summed E-state index contributed by atoms with van der Waals surface area (Å²) in [5.41, 5.74) is 3.48. The molecule has 6 nitrogen and oxygen atoms in total. The van der Waals surface area contributed by atoms with Crippen LogP contribution < -0.4 is 11.1 Å². The predicted molar refractivity (Wildman–Crippen MR) is 55.1 cm³/mol. The average molecular weight is 226 g/mol. The quantitative estimate of drug-likeness (QED) is 0.404. The Morgan fingerprint density at radius 3 is 2.75 bits per heavy atom. The molecule has 1 saturated heterocycles.